The van der Waals surface area contributed by atoms with Crippen LogP contribution < -0.4 is 4.74 Å². The summed E-state index contributed by atoms with van der Waals surface area (Å²) in [5.74, 6) is -0.700. The summed E-state index contributed by atoms with van der Waals surface area (Å²) < 4.78 is 5.65. The lowest BCUT2D eigenvalue weighted by Crippen LogP contribution is -2.47. The fraction of sp³-hybridized carbons (Fsp3) is 0.429. The number of amides is 1. The molecule has 20 heavy (non-hydrogen) atoms. The first-order chi connectivity index (χ1) is 9.22. The zero-order valence-corrected chi connectivity index (χ0v) is 12.5. The molecule has 5 nitrogen and oxygen atoms in total. The molecule has 1 aromatic carbocycles. The lowest BCUT2D eigenvalue weighted by atomic mass is 10.1. The van der Waals surface area contributed by atoms with Crippen LogP contribution in [0.25, 0.3) is 0 Å². The first-order valence-electron chi connectivity index (χ1n) is 6.14. The molecule has 0 aliphatic rings. The molecular formula is C14H18ClNO4. The first-order valence-corrected chi connectivity index (χ1v) is 6.52. The Kier molecular flexibility index (Phi) is 5.39. The Morgan fingerprint density at radius 3 is 2.35 bits per heavy atom. The molecule has 0 unspecified atom stereocenters. The van der Waals surface area contributed by atoms with E-state index in [-0.39, 0.29) is 18.9 Å². The summed E-state index contributed by atoms with van der Waals surface area (Å²) in [6, 6.07) is 6.69. The number of hydrogen-bond donors (Lipinski definition) is 1. The van der Waals surface area contributed by atoms with Gasteiger partial charge >= 0.3 is 5.97 Å². The van der Waals surface area contributed by atoms with E-state index in [4.69, 9.17) is 21.4 Å². The Hall–Kier alpha value is -1.75. The second-order valence-corrected chi connectivity index (χ2v) is 5.37. The Labute approximate surface area is 123 Å². The van der Waals surface area contributed by atoms with Gasteiger partial charge in [0.15, 0.2) is 5.60 Å². The second-order valence-electron chi connectivity index (χ2n) is 4.94. The van der Waals surface area contributed by atoms with Crippen LogP contribution in [0.5, 0.6) is 5.75 Å². The van der Waals surface area contributed by atoms with E-state index in [2.05, 4.69) is 0 Å². The maximum absolute atomic E-state index is 12.2. The Morgan fingerprint density at radius 2 is 1.85 bits per heavy atom. The number of benzene rings is 1. The molecule has 0 saturated heterocycles. The van der Waals surface area contributed by atoms with Crippen molar-refractivity contribution in [2.75, 3.05) is 13.6 Å². The largest absolute Gasteiger partial charge is 0.481 e. The maximum Gasteiger partial charge on any atom is 0.305 e. The number of carbonyl (C=O) groups is 2. The van der Waals surface area contributed by atoms with Crippen molar-refractivity contribution in [3.8, 4) is 5.75 Å². The fourth-order valence-electron chi connectivity index (χ4n) is 1.67. The van der Waals surface area contributed by atoms with Crippen LogP contribution in [0.4, 0.5) is 0 Å². The smallest absolute Gasteiger partial charge is 0.305 e. The molecule has 6 heteroatoms. The summed E-state index contributed by atoms with van der Waals surface area (Å²) in [5.41, 5.74) is -1.08. The molecule has 0 radical (unpaired) electrons. The normalized spacial score (nSPS) is 11.0. The average molecular weight is 300 g/mol. The lowest BCUT2D eigenvalue weighted by Gasteiger charge is -2.30. The molecule has 0 spiro atoms. The third-order valence-corrected chi connectivity index (χ3v) is 2.96. The van der Waals surface area contributed by atoms with Gasteiger partial charge in [-0.05, 0) is 38.1 Å². The summed E-state index contributed by atoms with van der Waals surface area (Å²) in [6.07, 6.45) is -0.0980. The van der Waals surface area contributed by atoms with Crippen molar-refractivity contribution in [3.63, 3.8) is 0 Å². The highest BCUT2D eigenvalue weighted by Crippen LogP contribution is 2.22. The topological polar surface area (TPSA) is 66.8 Å². The van der Waals surface area contributed by atoms with Gasteiger partial charge in [0, 0.05) is 18.6 Å². The summed E-state index contributed by atoms with van der Waals surface area (Å²) in [5, 5.41) is 9.21. The van der Waals surface area contributed by atoms with Gasteiger partial charge in [0.2, 0.25) is 0 Å². The predicted octanol–water partition coefficient (Wildman–Crippen LogP) is 2.43. The van der Waals surface area contributed by atoms with Gasteiger partial charge < -0.3 is 14.7 Å². The first kappa shape index (κ1) is 16.3. The Morgan fingerprint density at radius 1 is 1.30 bits per heavy atom. The standard InChI is InChI=1S/C14H18ClNO4/c1-14(2,13(19)16(3)9-8-12(17)18)20-11-6-4-10(15)5-7-11/h4-7H,8-9H2,1-3H3,(H,17,18). The van der Waals surface area contributed by atoms with Crippen LogP contribution in [0, 0.1) is 0 Å². The Balaban J connectivity index is 2.69. The minimum Gasteiger partial charge on any atom is -0.481 e. The highest BCUT2D eigenvalue weighted by atomic mass is 35.5. The number of carboxylic acid groups (broad SMARTS) is 1. The van der Waals surface area contributed by atoms with Gasteiger partial charge in [0.25, 0.3) is 5.91 Å². The van der Waals surface area contributed by atoms with E-state index in [0.717, 1.165) is 0 Å². The van der Waals surface area contributed by atoms with Crippen LogP contribution in [0.3, 0.4) is 0 Å². The van der Waals surface area contributed by atoms with Crippen LogP contribution in [0.1, 0.15) is 20.3 Å². The van der Waals surface area contributed by atoms with E-state index < -0.39 is 11.6 Å². The van der Waals surface area contributed by atoms with Gasteiger partial charge in [0.1, 0.15) is 5.75 Å². The zero-order valence-electron chi connectivity index (χ0n) is 11.7. The van der Waals surface area contributed by atoms with Crippen LogP contribution in [-0.2, 0) is 9.59 Å². The van der Waals surface area contributed by atoms with Crippen LogP contribution in [-0.4, -0.2) is 41.1 Å². The van der Waals surface area contributed by atoms with Crippen molar-refractivity contribution in [2.45, 2.75) is 25.9 Å². The predicted molar refractivity (Wildman–Crippen MR) is 76.0 cm³/mol. The molecule has 0 heterocycles. The van der Waals surface area contributed by atoms with E-state index in [9.17, 15) is 9.59 Å². The fourth-order valence-corrected chi connectivity index (χ4v) is 1.79. The van der Waals surface area contributed by atoms with Crippen molar-refractivity contribution in [3.05, 3.63) is 29.3 Å². The zero-order chi connectivity index (χ0) is 15.3. The van der Waals surface area contributed by atoms with Gasteiger partial charge in [0.05, 0.1) is 6.42 Å². The minimum absolute atomic E-state index is 0.0980. The van der Waals surface area contributed by atoms with Crippen LogP contribution >= 0.6 is 11.6 Å². The van der Waals surface area contributed by atoms with Crippen molar-refractivity contribution in [2.24, 2.45) is 0 Å². The lowest BCUT2D eigenvalue weighted by molar-refractivity contribution is -0.145. The molecule has 0 aromatic heterocycles. The van der Waals surface area contributed by atoms with Gasteiger partial charge in [-0.1, -0.05) is 11.6 Å². The minimum atomic E-state index is -1.08. The molecule has 0 fully saturated rings. The number of hydrogen-bond acceptors (Lipinski definition) is 3. The van der Waals surface area contributed by atoms with E-state index in [1.807, 2.05) is 0 Å². The molecule has 0 aliphatic carbocycles. The number of ether oxygens (including phenoxy) is 1. The molecular weight excluding hydrogens is 282 g/mol. The van der Waals surface area contributed by atoms with E-state index in [1.165, 1.54) is 4.90 Å². The molecule has 1 rings (SSSR count). The number of nitrogens with zero attached hydrogens (tertiary/aromatic N) is 1. The highest BCUT2D eigenvalue weighted by Gasteiger charge is 2.32. The number of halogens is 1. The molecule has 110 valence electrons. The third-order valence-electron chi connectivity index (χ3n) is 2.71. The van der Waals surface area contributed by atoms with Gasteiger partial charge in [-0.2, -0.15) is 0 Å². The summed E-state index contributed by atoms with van der Waals surface area (Å²) >= 11 is 5.78. The van der Waals surface area contributed by atoms with E-state index >= 15 is 0 Å². The average Bonchev–Trinajstić information content (AvgIpc) is 2.37. The van der Waals surface area contributed by atoms with Crippen molar-refractivity contribution in [1.29, 1.82) is 0 Å². The van der Waals surface area contributed by atoms with Crippen molar-refractivity contribution >= 4 is 23.5 Å². The van der Waals surface area contributed by atoms with Crippen molar-refractivity contribution in [1.82, 2.24) is 4.90 Å². The highest BCUT2D eigenvalue weighted by molar-refractivity contribution is 6.30. The molecule has 0 aliphatic heterocycles. The van der Waals surface area contributed by atoms with E-state index in [1.54, 1.807) is 45.2 Å². The third kappa shape index (κ3) is 4.74. The monoisotopic (exact) mass is 299 g/mol. The number of carboxylic acids is 1. The van der Waals surface area contributed by atoms with Crippen molar-refractivity contribution < 1.29 is 19.4 Å². The summed E-state index contributed by atoms with van der Waals surface area (Å²) in [4.78, 5) is 24.1. The molecule has 0 atom stereocenters. The number of likely N-dealkylation sites (N-methyl/N-ethyl adjacent to an activating group) is 1. The van der Waals surface area contributed by atoms with Gasteiger partial charge in [-0.15, -0.1) is 0 Å². The molecule has 0 bridgehead atoms. The number of carbonyl (C=O) groups excluding carboxylic acids is 1. The number of aliphatic carboxylic acids is 1. The molecule has 1 amide bonds. The molecule has 0 saturated carbocycles. The SMILES string of the molecule is CN(CCC(=O)O)C(=O)C(C)(C)Oc1ccc(Cl)cc1. The van der Waals surface area contributed by atoms with Crippen LogP contribution in [0.15, 0.2) is 24.3 Å². The van der Waals surface area contributed by atoms with Gasteiger partial charge in [-0.25, -0.2) is 0 Å². The molecule has 1 aromatic rings. The van der Waals surface area contributed by atoms with E-state index in [0.29, 0.717) is 10.8 Å². The van der Waals surface area contributed by atoms with Gasteiger partial charge in [-0.3, -0.25) is 9.59 Å². The quantitative estimate of drug-likeness (QED) is 0.876. The molecule has 1 N–H and O–H groups in total. The Bertz CT molecular complexity index is 484. The number of rotatable bonds is 6. The summed E-state index contributed by atoms with van der Waals surface area (Å²) in [7, 11) is 1.55. The summed E-state index contributed by atoms with van der Waals surface area (Å²) in [6.45, 7) is 3.42. The second kappa shape index (κ2) is 6.61. The maximum atomic E-state index is 12.2. The van der Waals surface area contributed by atoms with Crippen LogP contribution in [0.2, 0.25) is 5.02 Å².